The van der Waals surface area contributed by atoms with E-state index in [0.717, 1.165) is 18.6 Å². The van der Waals surface area contributed by atoms with Crippen LogP contribution in [0.15, 0.2) is 49.6 Å². The molecule has 0 saturated carbocycles. The number of hydrogen-bond acceptors (Lipinski definition) is 5. The van der Waals surface area contributed by atoms with Gasteiger partial charge in [0.15, 0.2) is 12.2 Å². The van der Waals surface area contributed by atoms with Crippen LogP contribution in [0.4, 0.5) is 0 Å². The molecule has 0 radical (unpaired) electrons. The van der Waals surface area contributed by atoms with Gasteiger partial charge in [0.2, 0.25) is 0 Å². The van der Waals surface area contributed by atoms with E-state index in [1.807, 2.05) is 0 Å². The fourth-order valence-corrected chi connectivity index (χ4v) is 1.90. The molecule has 0 aromatic heterocycles. The van der Waals surface area contributed by atoms with E-state index in [4.69, 9.17) is 18.9 Å². The number of rotatable bonds is 11. The van der Waals surface area contributed by atoms with Crippen LogP contribution in [-0.4, -0.2) is 39.0 Å². The smallest absolute Gasteiger partial charge is 0.339 e. The van der Waals surface area contributed by atoms with Gasteiger partial charge >= 0.3 is 5.97 Å². The molecule has 1 aromatic carbocycles. The largest absolute Gasteiger partial charge is 0.497 e. The first-order chi connectivity index (χ1) is 11.2. The average Bonchev–Trinajstić information content (AvgIpc) is 2.60. The van der Waals surface area contributed by atoms with E-state index in [2.05, 4.69) is 13.2 Å². The number of hydrogen-bond donors (Lipinski definition) is 0. The molecule has 0 saturated heterocycles. The fourth-order valence-electron chi connectivity index (χ4n) is 1.90. The van der Waals surface area contributed by atoms with Crippen molar-refractivity contribution in [1.29, 1.82) is 0 Å². The number of carbonyl (C=O) groups is 1. The third-order valence-corrected chi connectivity index (χ3v) is 3.15. The maximum atomic E-state index is 12.0. The molecule has 0 bridgehead atoms. The fraction of sp³-hybridized carbons (Fsp3) is 0.389. The Morgan fingerprint density at radius 2 is 1.83 bits per heavy atom. The number of esters is 1. The standard InChI is InChI=1S/C18H24O5/c1-5-7-8-13-22-17(18(19)21-4)16(6-2)23-15-11-9-14(20-3)10-12-15/h5-6,9-12,16-17H,1-2,7-8,13H2,3-4H3/t16-,17-/m1/s1. The molecule has 0 fully saturated rings. The van der Waals surface area contributed by atoms with Crippen LogP contribution in [0.3, 0.4) is 0 Å². The summed E-state index contributed by atoms with van der Waals surface area (Å²) in [5.41, 5.74) is 0. The average molecular weight is 320 g/mol. The lowest BCUT2D eigenvalue weighted by atomic mass is 10.2. The molecule has 126 valence electrons. The maximum absolute atomic E-state index is 12.0. The van der Waals surface area contributed by atoms with Crippen LogP contribution in [0.1, 0.15) is 12.8 Å². The Hall–Kier alpha value is -2.27. The van der Waals surface area contributed by atoms with Gasteiger partial charge in [0, 0.05) is 6.61 Å². The highest BCUT2D eigenvalue weighted by atomic mass is 16.6. The minimum Gasteiger partial charge on any atom is -0.497 e. The van der Waals surface area contributed by atoms with Gasteiger partial charge < -0.3 is 18.9 Å². The van der Waals surface area contributed by atoms with Gasteiger partial charge in [0.25, 0.3) is 0 Å². The molecule has 23 heavy (non-hydrogen) atoms. The minimum atomic E-state index is -0.871. The van der Waals surface area contributed by atoms with Crippen molar-refractivity contribution in [2.24, 2.45) is 0 Å². The van der Waals surface area contributed by atoms with Gasteiger partial charge in [-0.3, -0.25) is 0 Å². The zero-order chi connectivity index (χ0) is 17.1. The SMILES string of the molecule is C=CCCCO[C@@H](C(=O)OC)[C@@H](C=C)Oc1ccc(OC)cc1. The molecule has 0 spiro atoms. The number of unbranched alkanes of at least 4 members (excludes halogenated alkanes) is 1. The quantitative estimate of drug-likeness (QED) is 0.356. The van der Waals surface area contributed by atoms with Crippen LogP contribution in [0.5, 0.6) is 11.5 Å². The van der Waals surface area contributed by atoms with Crippen LogP contribution in [-0.2, 0) is 14.3 Å². The number of allylic oxidation sites excluding steroid dienone is 1. The monoisotopic (exact) mass is 320 g/mol. The van der Waals surface area contributed by atoms with Crippen molar-refractivity contribution < 1.29 is 23.7 Å². The summed E-state index contributed by atoms with van der Waals surface area (Å²) in [6.45, 7) is 7.78. The molecule has 5 heteroatoms. The van der Waals surface area contributed by atoms with Crippen LogP contribution >= 0.6 is 0 Å². The Kier molecular flexibility index (Phi) is 8.54. The van der Waals surface area contributed by atoms with E-state index >= 15 is 0 Å². The zero-order valence-electron chi connectivity index (χ0n) is 13.7. The Morgan fingerprint density at radius 3 is 2.35 bits per heavy atom. The van der Waals surface area contributed by atoms with E-state index in [1.54, 1.807) is 37.5 Å². The maximum Gasteiger partial charge on any atom is 0.339 e. The molecule has 0 aliphatic heterocycles. The summed E-state index contributed by atoms with van der Waals surface area (Å²) >= 11 is 0. The molecular formula is C18H24O5. The minimum absolute atomic E-state index is 0.405. The third kappa shape index (κ3) is 6.16. The van der Waals surface area contributed by atoms with Crippen LogP contribution in [0.2, 0.25) is 0 Å². The van der Waals surface area contributed by atoms with E-state index in [-0.39, 0.29) is 0 Å². The second kappa shape index (κ2) is 10.5. The summed E-state index contributed by atoms with van der Waals surface area (Å²) in [7, 11) is 2.91. The van der Waals surface area contributed by atoms with Crippen molar-refractivity contribution in [3.63, 3.8) is 0 Å². The summed E-state index contributed by atoms with van der Waals surface area (Å²) in [6, 6.07) is 7.05. The van der Waals surface area contributed by atoms with E-state index in [9.17, 15) is 4.79 Å². The van der Waals surface area contributed by atoms with Gasteiger partial charge in [-0.2, -0.15) is 0 Å². The van der Waals surface area contributed by atoms with Crippen molar-refractivity contribution in [2.45, 2.75) is 25.0 Å². The Bertz CT molecular complexity index is 495. The highest BCUT2D eigenvalue weighted by molar-refractivity contribution is 5.75. The number of carbonyl (C=O) groups excluding carboxylic acids is 1. The second-order valence-electron chi connectivity index (χ2n) is 4.74. The van der Waals surface area contributed by atoms with Crippen molar-refractivity contribution >= 4 is 5.97 Å². The molecule has 1 rings (SSSR count). The van der Waals surface area contributed by atoms with Crippen molar-refractivity contribution in [3.05, 3.63) is 49.6 Å². The van der Waals surface area contributed by atoms with Gasteiger partial charge in [0.05, 0.1) is 14.2 Å². The van der Waals surface area contributed by atoms with Gasteiger partial charge in [0.1, 0.15) is 11.5 Å². The van der Waals surface area contributed by atoms with Gasteiger partial charge in [-0.15, -0.1) is 6.58 Å². The highest BCUT2D eigenvalue weighted by Gasteiger charge is 2.30. The van der Waals surface area contributed by atoms with Gasteiger partial charge in [-0.25, -0.2) is 4.79 Å². The molecule has 0 amide bonds. The lowest BCUT2D eigenvalue weighted by molar-refractivity contribution is -0.159. The number of benzene rings is 1. The normalized spacial score (nSPS) is 12.8. The summed E-state index contributed by atoms with van der Waals surface area (Å²) in [5, 5.41) is 0. The Labute approximate surface area is 137 Å². The molecule has 0 aliphatic rings. The van der Waals surface area contributed by atoms with Gasteiger partial charge in [-0.05, 0) is 43.2 Å². The van der Waals surface area contributed by atoms with E-state index in [0.29, 0.717) is 12.4 Å². The predicted molar refractivity (Wildman–Crippen MR) is 88.8 cm³/mol. The number of methoxy groups -OCH3 is 2. The predicted octanol–water partition coefficient (Wildman–Crippen LogP) is 3.15. The van der Waals surface area contributed by atoms with E-state index in [1.165, 1.54) is 13.2 Å². The molecule has 0 heterocycles. The first kappa shape index (κ1) is 18.8. The zero-order valence-corrected chi connectivity index (χ0v) is 13.7. The highest BCUT2D eigenvalue weighted by Crippen LogP contribution is 2.20. The van der Waals surface area contributed by atoms with E-state index < -0.39 is 18.2 Å². The summed E-state index contributed by atoms with van der Waals surface area (Å²) in [6.07, 6.45) is 3.38. The first-order valence-corrected chi connectivity index (χ1v) is 7.39. The summed E-state index contributed by atoms with van der Waals surface area (Å²) in [5.74, 6) is 0.805. The molecule has 2 atom stereocenters. The molecular weight excluding hydrogens is 296 g/mol. The lowest BCUT2D eigenvalue weighted by Gasteiger charge is -2.24. The van der Waals surface area contributed by atoms with Crippen LogP contribution in [0.25, 0.3) is 0 Å². The first-order valence-electron chi connectivity index (χ1n) is 7.39. The summed E-state index contributed by atoms with van der Waals surface area (Å²) < 4.78 is 21.3. The summed E-state index contributed by atoms with van der Waals surface area (Å²) in [4.78, 5) is 12.0. The second-order valence-corrected chi connectivity index (χ2v) is 4.74. The lowest BCUT2D eigenvalue weighted by Crippen LogP contribution is -2.40. The number of ether oxygens (including phenoxy) is 4. The van der Waals surface area contributed by atoms with Crippen LogP contribution in [0, 0.1) is 0 Å². The molecule has 5 nitrogen and oxygen atoms in total. The Morgan fingerprint density at radius 1 is 1.17 bits per heavy atom. The van der Waals surface area contributed by atoms with Crippen LogP contribution < -0.4 is 9.47 Å². The van der Waals surface area contributed by atoms with Crippen molar-refractivity contribution in [1.82, 2.24) is 0 Å². The molecule has 1 aromatic rings. The molecule has 0 unspecified atom stereocenters. The molecule has 0 N–H and O–H groups in total. The third-order valence-electron chi connectivity index (χ3n) is 3.15. The van der Waals surface area contributed by atoms with Gasteiger partial charge in [-0.1, -0.05) is 12.7 Å². The van der Waals surface area contributed by atoms with Crippen molar-refractivity contribution in [3.8, 4) is 11.5 Å². The molecule has 0 aliphatic carbocycles. The van der Waals surface area contributed by atoms with Crippen molar-refractivity contribution in [2.75, 3.05) is 20.8 Å². The Balaban J connectivity index is 2.75. The topological polar surface area (TPSA) is 54.0 Å².